The number of aromatic nitrogens is 1. The fourth-order valence-corrected chi connectivity index (χ4v) is 1.47. The van der Waals surface area contributed by atoms with Crippen molar-refractivity contribution in [1.82, 2.24) is 10.3 Å². The number of alkyl halides is 3. The number of carbonyl (C=O) groups excluding carboxylic acids is 1. The van der Waals surface area contributed by atoms with Gasteiger partial charge in [-0.1, -0.05) is 0 Å². The maximum absolute atomic E-state index is 12.4. The van der Waals surface area contributed by atoms with E-state index in [1.807, 2.05) is 0 Å². The number of hydrogen-bond acceptors (Lipinski definition) is 3. The molecule has 1 aromatic heterocycles. The van der Waals surface area contributed by atoms with E-state index < -0.39 is 17.8 Å². The molecule has 1 N–H and O–H groups in total. The zero-order chi connectivity index (χ0) is 14.5. The van der Waals surface area contributed by atoms with E-state index in [4.69, 9.17) is 4.74 Å². The number of rotatable bonds is 5. The Morgan fingerprint density at radius 2 is 2.11 bits per heavy atom. The summed E-state index contributed by atoms with van der Waals surface area (Å²) in [7, 11) is 1.55. The molecule has 1 rings (SSSR count). The number of carbonyl (C=O) groups is 1. The summed E-state index contributed by atoms with van der Waals surface area (Å²) in [5.74, 6) is -0.435. The first-order valence-corrected chi connectivity index (χ1v) is 5.68. The molecule has 7 heteroatoms. The topological polar surface area (TPSA) is 51.2 Å². The molecule has 1 heterocycles. The van der Waals surface area contributed by atoms with Crippen molar-refractivity contribution in [2.24, 2.45) is 0 Å². The second kappa shape index (κ2) is 6.51. The number of halogens is 3. The zero-order valence-electron chi connectivity index (χ0n) is 10.7. The van der Waals surface area contributed by atoms with Gasteiger partial charge in [0, 0.05) is 20.3 Å². The molecule has 0 radical (unpaired) electrons. The minimum absolute atomic E-state index is 0.0547. The Morgan fingerprint density at radius 1 is 1.42 bits per heavy atom. The molecule has 0 saturated carbocycles. The first kappa shape index (κ1) is 15.4. The molecular weight excluding hydrogens is 261 g/mol. The predicted octanol–water partition coefficient (Wildman–Crippen LogP) is 2.18. The monoisotopic (exact) mass is 276 g/mol. The number of ether oxygens (including phenoxy) is 1. The molecule has 0 aliphatic carbocycles. The van der Waals surface area contributed by atoms with E-state index in [1.165, 1.54) is 6.92 Å². The van der Waals surface area contributed by atoms with Crippen LogP contribution in [0.15, 0.2) is 12.1 Å². The van der Waals surface area contributed by atoms with Crippen LogP contribution < -0.4 is 5.32 Å². The Kier molecular flexibility index (Phi) is 5.29. The second-order valence-corrected chi connectivity index (χ2v) is 3.93. The van der Waals surface area contributed by atoms with Gasteiger partial charge < -0.3 is 10.1 Å². The summed E-state index contributed by atoms with van der Waals surface area (Å²) in [6.07, 6.45) is -3.87. The van der Waals surface area contributed by atoms with Gasteiger partial charge in [-0.3, -0.25) is 4.79 Å². The smallest absolute Gasteiger partial charge is 0.385 e. The molecule has 0 atom stereocenters. The third-order valence-electron chi connectivity index (χ3n) is 2.43. The lowest BCUT2D eigenvalue weighted by atomic mass is 10.1. The fraction of sp³-hybridized carbons (Fsp3) is 0.500. The summed E-state index contributed by atoms with van der Waals surface area (Å²) < 4.78 is 42.1. The second-order valence-electron chi connectivity index (χ2n) is 3.93. The summed E-state index contributed by atoms with van der Waals surface area (Å²) in [4.78, 5) is 15.1. The third-order valence-corrected chi connectivity index (χ3v) is 2.43. The van der Waals surface area contributed by atoms with Crippen LogP contribution in [0, 0.1) is 6.92 Å². The van der Waals surface area contributed by atoms with Crippen molar-refractivity contribution in [3.8, 4) is 0 Å². The number of nitrogens with one attached hydrogen (secondary N) is 1. The van der Waals surface area contributed by atoms with E-state index in [-0.39, 0.29) is 11.3 Å². The molecular formula is C12H15F3N2O2. The standard InChI is InChI=1S/C12H15F3N2O2/c1-8-9(11(18)16-6-3-7-19-2)4-5-10(17-8)12(13,14)15/h4-5H,3,6-7H2,1-2H3,(H,16,18). The van der Waals surface area contributed by atoms with E-state index in [0.29, 0.717) is 19.6 Å². The van der Waals surface area contributed by atoms with Gasteiger partial charge in [-0.05, 0) is 25.5 Å². The summed E-state index contributed by atoms with van der Waals surface area (Å²) in [6, 6.07) is 1.94. The maximum atomic E-state index is 12.4. The summed E-state index contributed by atoms with van der Waals surface area (Å²) >= 11 is 0. The van der Waals surface area contributed by atoms with Crippen molar-refractivity contribution in [1.29, 1.82) is 0 Å². The highest BCUT2D eigenvalue weighted by Crippen LogP contribution is 2.28. The molecule has 0 bridgehead atoms. The molecule has 0 aliphatic heterocycles. The lowest BCUT2D eigenvalue weighted by molar-refractivity contribution is -0.141. The van der Waals surface area contributed by atoms with Gasteiger partial charge >= 0.3 is 6.18 Å². The normalized spacial score (nSPS) is 11.4. The molecule has 106 valence electrons. The van der Waals surface area contributed by atoms with Crippen LogP contribution in [0.25, 0.3) is 0 Å². The van der Waals surface area contributed by atoms with Crippen LogP contribution in [0.5, 0.6) is 0 Å². The molecule has 4 nitrogen and oxygen atoms in total. The van der Waals surface area contributed by atoms with Crippen molar-refractivity contribution in [3.05, 3.63) is 29.1 Å². The Hall–Kier alpha value is -1.63. The van der Waals surface area contributed by atoms with Crippen molar-refractivity contribution in [2.75, 3.05) is 20.3 Å². The van der Waals surface area contributed by atoms with Gasteiger partial charge in [-0.2, -0.15) is 13.2 Å². The Morgan fingerprint density at radius 3 is 2.63 bits per heavy atom. The minimum Gasteiger partial charge on any atom is -0.385 e. The van der Waals surface area contributed by atoms with E-state index >= 15 is 0 Å². The number of nitrogens with zero attached hydrogens (tertiary/aromatic N) is 1. The van der Waals surface area contributed by atoms with Gasteiger partial charge in [-0.25, -0.2) is 4.98 Å². The number of aryl methyl sites for hydroxylation is 1. The van der Waals surface area contributed by atoms with Crippen molar-refractivity contribution in [2.45, 2.75) is 19.5 Å². The van der Waals surface area contributed by atoms with Crippen molar-refractivity contribution >= 4 is 5.91 Å². The van der Waals surface area contributed by atoms with Gasteiger partial charge in [0.25, 0.3) is 5.91 Å². The third kappa shape index (κ3) is 4.51. The van der Waals surface area contributed by atoms with Crippen LogP contribution in [0.2, 0.25) is 0 Å². The van der Waals surface area contributed by atoms with E-state index in [1.54, 1.807) is 7.11 Å². The highest BCUT2D eigenvalue weighted by molar-refractivity contribution is 5.95. The maximum Gasteiger partial charge on any atom is 0.433 e. The summed E-state index contributed by atoms with van der Waals surface area (Å²) in [5.41, 5.74) is -0.801. The molecule has 0 spiro atoms. The number of methoxy groups -OCH3 is 1. The highest BCUT2D eigenvalue weighted by Gasteiger charge is 2.32. The first-order valence-electron chi connectivity index (χ1n) is 5.68. The Labute approximate surface area is 109 Å². The SMILES string of the molecule is COCCCNC(=O)c1ccc(C(F)(F)F)nc1C. The Balaban J connectivity index is 2.71. The van der Waals surface area contributed by atoms with Crippen LogP contribution in [0.4, 0.5) is 13.2 Å². The van der Waals surface area contributed by atoms with Crippen molar-refractivity contribution < 1.29 is 22.7 Å². The minimum atomic E-state index is -4.50. The quantitative estimate of drug-likeness (QED) is 0.839. The first-order chi connectivity index (χ1) is 8.86. The fourth-order valence-electron chi connectivity index (χ4n) is 1.47. The van der Waals surface area contributed by atoms with E-state index in [0.717, 1.165) is 12.1 Å². The molecule has 0 saturated heterocycles. The van der Waals surface area contributed by atoms with Crippen molar-refractivity contribution in [3.63, 3.8) is 0 Å². The Bertz CT molecular complexity index is 447. The average Bonchev–Trinajstić information content (AvgIpc) is 2.33. The molecule has 0 unspecified atom stereocenters. The van der Waals surface area contributed by atoms with Crippen LogP contribution >= 0.6 is 0 Å². The highest BCUT2D eigenvalue weighted by atomic mass is 19.4. The number of amides is 1. The lowest BCUT2D eigenvalue weighted by Crippen LogP contribution is -2.26. The van der Waals surface area contributed by atoms with E-state index in [2.05, 4.69) is 10.3 Å². The molecule has 0 aromatic carbocycles. The van der Waals surface area contributed by atoms with Gasteiger partial charge in [-0.15, -0.1) is 0 Å². The van der Waals surface area contributed by atoms with E-state index in [9.17, 15) is 18.0 Å². The molecule has 1 amide bonds. The lowest BCUT2D eigenvalue weighted by Gasteiger charge is -2.10. The molecule has 0 aliphatic rings. The van der Waals surface area contributed by atoms with Gasteiger partial charge in [0.05, 0.1) is 11.3 Å². The summed E-state index contributed by atoms with van der Waals surface area (Å²) in [6.45, 7) is 2.27. The molecule has 0 fully saturated rings. The van der Waals surface area contributed by atoms with Crippen LogP contribution in [0.3, 0.4) is 0 Å². The molecule has 19 heavy (non-hydrogen) atoms. The van der Waals surface area contributed by atoms with Crippen LogP contribution in [0.1, 0.15) is 28.2 Å². The molecule has 1 aromatic rings. The predicted molar refractivity (Wildman–Crippen MR) is 62.8 cm³/mol. The summed E-state index contributed by atoms with van der Waals surface area (Å²) in [5, 5.41) is 2.59. The van der Waals surface area contributed by atoms with Gasteiger partial charge in [0.2, 0.25) is 0 Å². The number of hydrogen-bond donors (Lipinski definition) is 1. The number of pyridine rings is 1. The van der Waals surface area contributed by atoms with Crippen LogP contribution in [-0.2, 0) is 10.9 Å². The average molecular weight is 276 g/mol. The van der Waals surface area contributed by atoms with Gasteiger partial charge in [0.15, 0.2) is 0 Å². The zero-order valence-corrected chi connectivity index (χ0v) is 10.7. The van der Waals surface area contributed by atoms with Gasteiger partial charge in [0.1, 0.15) is 5.69 Å². The largest absolute Gasteiger partial charge is 0.433 e. The van der Waals surface area contributed by atoms with Crippen LogP contribution in [-0.4, -0.2) is 31.2 Å².